The lowest BCUT2D eigenvalue weighted by Gasteiger charge is -2.13. The van der Waals surface area contributed by atoms with E-state index in [1.54, 1.807) is 12.1 Å². The number of nitrogens with one attached hydrogen (secondary N) is 3. The summed E-state index contributed by atoms with van der Waals surface area (Å²) in [6.45, 7) is 3.81. The number of hydrogen-bond acceptors (Lipinski definition) is 3. The number of fused-ring (bicyclic) bond motifs is 1. The van der Waals surface area contributed by atoms with Crippen LogP contribution in [0, 0.1) is 0 Å². The van der Waals surface area contributed by atoms with Crippen LogP contribution in [0.5, 0.6) is 0 Å². The van der Waals surface area contributed by atoms with E-state index in [-0.39, 0.29) is 18.0 Å². The molecule has 0 radical (unpaired) electrons. The molecule has 0 fully saturated rings. The molecule has 0 spiro atoms. The lowest BCUT2D eigenvalue weighted by Crippen LogP contribution is -2.34. The van der Waals surface area contributed by atoms with Crippen molar-refractivity contribution in [1.82, 2.24) is 5.32 Å². The Kier molecular flexibility index (Phi) is 8.44. The molecule has 6 nitrogen and oxygen atoms in total. The Morgan fingerprint density at radius 3 is 2.58 bits per heavy atom. The third kappa shape index (κ3) is 6.53. The van der Waals surface area contributed by atoms with Crippen LogP contribution in [-0.2, 0) is 11.2 Å². The van der Waals surface area contributed by atoms with Gasteiger partial charge in [0.25, 0.3) is 0 Å². The molecule has 1 aliphatic rings. The van der Waals surface area contributed by atoms with Crippen LogP contribution in [0.15, 0.2) is 76.2 Å². The summed E-state index contributed by atoms with van der Waals surface area (Å²) in [5.74, 6) is -0.135. The third-order valence-electron chi connectivity index (χ3n) is 5.80. The average molecular weight is 568 g/mol. The van der Waals surface area contributed by atoms with Crippen molar-refractivity contribution < 1.29 is 9.59 Å². The fourth-order valence-corrected chi connectivity index (χ4v) is 4.73. The van der Waals surface area contributed by atoms with Gasteiger partial charge in [-0.15, -0.1) is 0 Å². The normalized spacial score (nSPS) is 15.0. The molecular weight excluding hydrogens is 540 g/mol. The number of benzodiazepines with no additional fused rings is 1. The first kappa shape index (κ1) is 25.9. The van der Waals surface area contributed by atoms with Crippen molar-refractivity contribution in [2.75, 3.05) is 10.6 Å². The average Bonchev–Trinajstić information content (AvgIpc) is 2.96. The van der Waals surface area contributed by atoms with E-state index in [1.165, 1.54) is 5.56 Å². The van der Waals surface area contributed by atoms with Gasteiger partial charge in [0.15, 0.2) is 0 Å². The summed E-state index contributed by atoms with van der Waals surface area (Å²) < 4.78 is 1.07. The molecule has 3 aromatic rings. The van der Waals surface area contributed by atoms with E-state index in [2.05, 4.69) is 37.9 Å². The number of nitrogens with zero attached hydrogens (tertiary/aromatic N) is 1. The van der Waals surface area contributed by atoms with Gasteiger partial charge in [-0.3, -0.25) is 9.79 Å². The molecule has 3 N–H and O–H groups in total. The molecule has 1 unspecified atom stereocenters. The summed E-state index contributed by atoms with van der Waals surface area (Å²) in [5, 5.41) is 9.22. The van der Waals surface area contributed by atoms with E-state index in [4.69, 9.17) is 16.6 Å². The Morgan fingerprint density at radius 2 is 1.86 bits per heavy atom. The van der Waals surface area contributed by atoms with E-state index in [9.17, 15) is 9.59 Å². The van der Waals surface area contributed by atoms with E-state index in [0.717, 1.165) is 28.4 Å². The zero-order valence-electron chi connectivity index (χ0n) is 20.1. The molecule has 1 atom stereocenters. The minimum Gasteiger partial charge on any atom is -0.336 e. The number of benzene rings is 3. The van der Waals surface area contributed by atoms with E-state index < -0.39 is 6.04 Å². The molecule has 0 saturated heterocycles. The number of carbonyl (C=O) groups is 2. The molecule has 1 heterocycles. The van der Waals surface area contributed by atoms with E-state index in [1.807, 2.05) is 62.4 Å². The summed E-state index contributed by atoms with van der Waals surface area (Å²) in [6.07, 6.45) is 2.25. The molecule has 0 aromatic heterocycles. The van der Waals surface area contributed by atoms with Crippen LogP contribution >= 0.6 is 27.5 Å². The molecule has 1 aliphatic heterocycles. The standard InChI is InChI=1S/C28H28BrClN4O2/c1-17(2)31-28(36)32-21-13-10-19(11-14-21)26-22-16-20(30)12-15-24(22)34-27(35)25(33-26)9-5-7-18-6-3-4-8-23(18)29/h3-4,6,8,10-17,25H,5,7,9H2,1-2H3,(H,34,35)(H2,31,32,36). The van der Waals surface area contributed by atoms with Gasteiger partial charge in [-0.05, 0) is 75.1 Å². The Balaban J connectivity index is 1.59. The van der Waals surface area contributed by atoms with Gasteiger partial charge in [0, 0.05) is 32.4 Å². The molecule has 3 amide bonds. The van der Waals surface area contributed by atoms with Crippen molar-refractivity contribution in [1.29, 1.82) is 0 Å². The summed E-state index contributed by atoms with van der Waals surface area (Å²) in [6, 6.07) is 20.2. The molecule has 36 heavy (non-hydrogen) atoms. The summed E-state index contributed by atoms with van der Waals surface area (Å²) in [7, 11) is 0. The molecule has 186 valence electrons. The van der Waals surface area contributed by atoms with Crippen LogP contribution in [0.3, 0.4) is 0 Å². The maximum atomic E-state index is 13.1. The highest BCUT2D eigenvalue weighted by molar-refractivity contribution is 9.10. The van der Waals surface area contributed by atoms with Gasteiger partial charge in [0.1, 0.15) is 6.04 Å². The quantitative estimate of drug-likeness (QED) is 0.293. The number of amides is 3. The van der Waals surface area contributed by atoms with Crippen molar-refractivity contribution in [2.45, 2.75) is 45.2 Å². The maximum Gasteiger partial charge on any atom is 0.319 e. The number of rotatable bonds is 7. The second kappa shape index (κ2) is 11.7. The minimum atomic E-state index is -0.539. The number of urea groups is 1. The monoisotopic (exact) mass is 566 g/mol. The van der Waals surface area contributed by atoms with Crippen molar-refractivity contribution >= 4 is 56.6 Å². The van der Waals surface area contributed by atoms with Crippen LogP contribution in [0.25, 0.3) is 0 Å². The van der Waals surface area contributed by atoms with Crippen LogP contribution in [0.1, 0.15) is 43.4 Å². The highest BCUT2D eigenvalue weighted by atomic mass is 79.9. The van der Waals surface area contributed by atoms with E-state index in [0.29, 0.717) is 28.5 Å². The van der Waals surface area contributed by atoms with Crippen molar-refractivity contribution in [3.63, 3.8) is 0 Å². The van der Waals surface area contributed by atoms with Crippen LogP contribution in [0.2, 0.25) is 5.02 Å². The summed E-state index contributed by atoms with van der Waals surface area (Å²) in [4.78, 5) is 30.1. The number of aliphatic imine (C=N–C) groups is 1. The van der Waals surface area contributed by atoms with Crippen molar-refractivity contribution in [3.8, 4) is 0 Å². The Morgan fingerprint density at radius 1 is 1.11 bits per heavy atom. The Bertz CT molecular complexity index is 1290. The lowest BCUT2D eigenvalue weighted by atomic mass is 10.00. The number of carbonyl (C=O) groups excluding carboxylic acids is 2. The zero-order chi connectivity index (χ0) is 25.7. The summed E-state index contributed by atoms with van der Waals surface area (Å²) in [5.41, 5.74) is 4.83. The Hall–Kier alpha value is -3.16. The van der Waals surface area contributed by atoms with Gasteiger partial charge < -0.3 is 16.0 Å². The van der Waals surface area contributed by atoms with Crippen molar-refractivity contribution in [3.05, 3.63) is 92.9 Å². The first-order valence-corrected chi connectivity index (χ1v) is 13.1. The number of hydrogen-bond donors (Lipinski definition) is 3. The second-order valence-corrected chi connectivity index (χ2v) is 10.3. The predicted molar refractivity (Wildman–Crippen MR) is 150 cm³/mol. The molecular formula is C28H28BrClN4O2. The number of aryl methyl sites for hydroxylation is 1. The lowest BCUT2D eigenvalue weighted by molar-refractivity contribution is -0.117. The van der Waals surface area contributed by atoms with Gasteiger partial charge in [0.05, 0.1) is 11.4 Å². The highest BCUT2D eigenvalue weighted by Crippen LogP contribution is 2.29. The fourth-order valence-electron chi connectivity index (χ4n) is 4.07. The SMILES string of the molecule is CC(C)NC(=O)Nc1ccc(C2=NC(CCCc3ccccc3Br)C(=O)Nc3ccc(Cl)cc32)cc1. The molecule has 3 aromatic carbocycles. The smallest absolute Gasteiger partial charge is 0.319 e. The van der Waals surface area contributed by atoms with E-state index >= 15 is 0 Å². The fraction of sp³-hybridized carbons (Fsp3) is 0.250. The van der Waals surface area contributed by atoms with Gasteiger partial charge in [-0.25, -0.2) is 4.79 Å². The highest BCUT2D eigenvalue weighted by Gasteiger charge is 2.26. The predicted octanol–water partition coefficient (Wildman–Crippen LogP) is 6.81. The van der Waals surface area contributed by atoms with Gasteiger partial charge in [0.2, 0.25) is 5.91 Å². The summed E-state index contributed by atoms with van der Waals surface area (Å²) >= 11 is 9.91. The Labute approximate surface area is 224 Å². The van der Waals surface area contributed by atoms with Gasteiger partial charge >= 0.3 is 6.03 Å². The molecule has 0 saturated carbocycles. The van der Waals surface area contributed by atoms with Crippen LogP contribution in [-0.4, -0.2) is 29.7 Å². The number of halogens is 2. The topological polar surface area (TPSA) is 82.6 Å². The zero-order valence-corrected chi connectivity index (χ0v) is 22.5. The minimum absolute atomic E-state index is 0.0378. The second-order valence-electron chi connectivity index (χ2n) is 8.99. The van der Waals surface area contributed by atoms with Crippen LogP contribution in [0.4, 0.5) is 16.2 Å². The van der Waals surface area contributed by atoms with Crippen molar-refractivity contribution in [2.24, 2.45) is 4.99 Å². The first-order valence-electron chi connectivity index (χ1n) is 11.9. The van der Waals surface area contributed by atoms with Gasteiger partial charge in [-0.1, -0.05) is 57.9 Å². The molecule has 8 heteroatoms. The number of anilines is 2. The first-order chi connectivity index (χ1) is 17.3. The van der Waals surface area contributed by atoms with Crippen LogP contribution < -0.4 is 16.0 Å². The molecule has 0 aliphatic carbocycles. The third-order valence-corrected chi connectivity index (χ3v) is 6.81. The van der Waals surface area contributed by atoms with Gasteiger partial charge in [-0.2, -0.15) is 0 Å². The maximum absolute atomic E-state index is 13.1. The molecule has 0 bridgehead atoms. The largest absolute Gasteiger partial charge is 0.336 e. The molecule has 4 rings (SSSR count).